The van der Waals surface area contributed by atoms with Crippen molar-refractivity contribution in [3.8, 4) is 0 Å². The van der Waals surface area contributed by atoms with Crippen LogP contribution < -0.4 is 16.4 Å². The number of amides is 2. The molecule has 0 radical (unpaired) electrons. The van der Waals surface area contributed by atoms with Crippen LogP contribution in [-0.2, 0) is 17.8 Å². The lowest BCUT2D eigenvalue weighted by Gasteiger charge is -2.13. The van der Waals surface area contributed by atoms with Gasteiger partial charge in [0.2, 0.25) is 5.91 Å². The quantitative estimate of drug-likeness (QED) is 0.589. The molecule has 7 nitrogen and oxygen atoms in total. The average molecular weight is 345 g/mol. The number of benzene rings is 1. The second kappa shape index (κ2) is 7.50. The first-order valence-corrected chi connectivity index (χ1v) is 8.72. The SMILES string of the molecule is NC(=O)CCSc1ccccc1NC(=O)c1n[nH]c2c1CNCC2. The molecule has 0 fully saturated rings. The predicted octanol–water partition coefficient (Wildman–Crippen LogP) is 1.28. The number of anilines is 1. The molecule has 2 aromatic rings. The van der Waals surface area contributed by atoms with E-state index in [0.29, 0.717) is 30.1 Å². The van der Waals surface area contributed by atoms with E-state index in [1.54, 1.807) is 0 Å². The number of thioether (sulfide) groups is 1. The summed E-state index contributed by atoms with van der Waals surface area (Å²) in [5.41, 5.74) is 8.24. The minimum Gasteiger partial charge on any atom is -0.370 e. The average Bonchev–Trinajstić information content (AvgIpc) is 3.00. The fraction of sp³-hybridized carbons (Fsp3) is 0.312. The molecular weight excluding hydrogens is 326 g/mol. The Morgan fingerprint density at radius 1 is 1.33 bits per heavy atom. The topological polar surface area (TPSA) is 113 Å². The molecule has 1 aliphatic heterocycles. The first-order valence-electron chi connectivity index (χ1n) is 7.73. The Morgan fingerprint density at radius 3 is 3.00 bits per heavy atom. The number of nitrogens with one attached hydrogen (secondary N) is 3. The van der Waals surface area contributed by atoms with E-state index in [9.17, 15) is 9.59 Å². The van der Waals surface area contributed by atoms with E-state index >= 15 is 0 Å². The number of primary amides is 1. The van der Waals surface area contributed by atoms with Gasteiger partial charge in [0, 0.05) is 47.8 Å². The Bertz CT molecular complexity index is 759. The molecule has 1 aromatic heterocycles. The lowest BCUT2D eigenvalue weighted by Crippen LogP contribution is -2.25. The molecule has 0 spiro atoms. The predicted molar refractivity (Wildman–Crippen MR) is 92.9 cm³/mol. The highest BCUT2D eigenvalue weighted by molar-refractivity contribution is 7.99. The van der Waals surface area contributed by atoms with Crippen molar-refractivity contribution in [2.75, 3.05) is 17.6 Å². The van der Waals surface area contributed by atoms with Crippen LogP contribution in [0, 0.1) is 0 Å². The van der Waals surface area contributed by atoms with Gasteiger partial charge < -0.3 is 16.4 Å². The molecule has 1 aliphatic rings. The summed E-state index contributed by atoms with van der Waals surface area (Å²) in [6.45, 7) is 1.53. The van der Waals surface area contributed by atoms with Crippen molar-refractivity contribution in [2.24, 2.45) is 5.73 Å². The van der Waals surface area contributed by atoms with Crippen molar-refractivity contribution in [1.82, 2.24) is 15.5 Å². The van der Waals surface area contributed by atoms with Crippen molar-refractivity contribution in [3.63, 3.8) is 0 Å². The van der Waals surface area contributed by atoms with Gasteiger partial charge in [-0.3, -0.25) is 14.7 Å². The highest BCUT2D eigenvalue weighted by Gasteiger charge is 2.22. The molecule has 0 bridgehead atoms. The van der Waals surface area contributed by atoms with E-state index < -0.39 is 0 Å². The van der Waals surface area contributed by atoms with Crippen LogP contribution in [-0.4, -0.2) is 34.3 Å². The van der Waals surface area contributed by atoms with E-state index in [1.165, 1.54) is 11.8 Å². The van der Waals surface area contributed by atoms with Crippen LogP contribution in [0.15, 0.2) is 29.2 Å². The van der Waals surface area contributed by atoms with Crippen molar-refractivity contribution in [3.05, 3.63) is 41.2 Å². The maximum Gasteiger partial charge on any atom is 0.276 e. The number of rotatable bonds is 6. The van der Waals surface area contributed by atoms with E-state index in [4.69, 9.17) is 5.73 Å². The van der Waals surface area contributed by atoms with Gasteiger partial charge in [-0.1, -0.05) is 12.1 Å². The summed E-state index contributed by atoms with van der Waals surface area (Å²) in [5.74, 6) is 0.00281. The second-order valence-electron chi connectivity index (χ2n) is 5.47. The number of hydrogen-bond acceptors (Lipinski definition) is 5. The fourth-order valence-electron chi connectivity index (χ4n) is 2.55. The van der Waals surface area contributed by atoms with Gasteiger partial charge in [0.25, 0.3) is 5.91 Å². The fourth-order valence-corrected chi connectivity index (χ4v) is 3.52. The van der Waals surface area contributed by atoms with E-state index in [2.05, 4.69) is 20.8 Å². The van der Waals surface area contributed by atoms with Crippen LogP contribution in [0.1, 0.15) is 28.2 Å². The van der Waals surface area contributed by atoms with Crippen molar-refractivity contribution < 1.29 is 9.59 Å². The Kier molecular flexibility index (Phi) is 5.17. The van der Waals surface area contributed by atoms with E-state index in [0.717, 1.165) is 29.1 Å². The summed E-state index contributed by atoms with van der Waals surface area (Å²) in [5, 5.41) is 13.3. The molecule has 0 saturated heterocycles. The third-order valence-electron chi connectivity index (χ3n) is 3.76. The Balaban J connectivity index is 1.72. The van der Waals surface area contributed by atoms with Crippen LogP contribution in [0.4, 0.5) is 5.69 Å². The molecule has 0 atom stereocenters. The third kappa shape index (κ3) is 3.77. The van der Waals surface area contributed by atoms with Gasteiger partial charge in [-0.2, -0.15) is 5.10 Å². The molecule has 0 aliphatic carbocycles. The van der Waals surface area contributed by atoms with Gasteiger partial charge in [-0.25, -0.2) is 0 Å². The molecule has 0 unspecified atom stereocenters. The molecule has 2 heterocycles. The smallest absolute Gasteiger partial charge is 0.276 e. The zero-order valence-corrected chi connectivity index (χ0v) is 13.9. The van der Waals surface area contributed by atoms with Gasteiger partial charge >= 0.3 is 0 Å². The largest absolute Gasteiger partial charge is 0.370 e. The summed E-state index contributed by atoms with van der Waals surface area (Å²) in [6, 6.07) is 7.49. The van der Waals surface area contributed by atoms with Crippen LogP contribution in [0.5, 0.6) is 0 Å². The standard InChI is InChI=1S/C16H19N5O2S/c17-14(22)6-8-24-13-4-2-1-3-12(13)19-16(23)15-10-9-18-7-5-11(10)20-21-15/h1-4,18H,5-9H2,(H2,17,22)(H,19,23)(H,20,21). The lowest BCUT2D eigenvalue weighted by molar-refractivity contribution is -0.117. The molecular formula is C16H19N5O2S. The summed E-state index contributed by atoms with van der Waals surface area (Å²) < 4.78 is 0. The summed E-state index contributed by atoms with van der Waals surface area (Å²) >= 11 is 1.49. The van der Waals surface area contributed by atoms with Gasteiger partial charge in [0.05, 0.1) is 5.69 Å². The number of fused-ring (bicyclic) bond motifs is 1. The van der Waals surface area contributed by atoms with Crippen molar-refractivity contribution >= 4 is 29.3 Å². The second-order valence-corrected chi connectivity index (χ2v) is 6.61. The van der Waals surface area contributed by atoms with Crippen LogP contribution in [0.25, 0.3) is 0 Å². The van der Waals surface area contributed by atoms with Gasteiger partial charge in [-0.05, 0) is 12.1 Å². The number of carbonyl (C=O) groups excluding carboxylic acids is 2. The summed E-state index contributed by atoms with van der Waals surface area (Å²) in [6.07, 6.45) is 1.14. The highest BCUT2D eigenvalue weighted by Crippen LogP contribution is 2.28. The Morgan fingerprint density at radius 2 is 2.17 bits per heavy atom. The highest BCUT2D eigenvalue weighted by atomic mass is 32.2. The van der Waals surface area contributed by atoms with Gasteiger partial charge in [0.1, 0.15) is 0 Å². The lowest BCUT2D eigenvalue weighted by atomic mass is 10.1. The number of carbonyl (C=O) groups is 2. The molecule has 24 heavy (non-hydrogen) atoms. The number of aromatic amines is 1. The molecule has 0 saturated carbocycles. The summed E-state index contributed by atoms with van der Waals surface area (Å²) in [7, 11) is 0. The Hall–Kier alpha value is -2.32. The number of aromatic nitrogens is 2. The number of hydrogen-bond donors (Lipinski definition) is 4. The van der Waals surface area contributed by atoms with Gasteiger partial charge in [-0.15, -0.1) is 11.8 Å². The Labute approximate surface area is 143 Å². The van der Waals surface area contributed by atoms with E-state index in [1.807, 2.05) is 24.3 Å². The zero-order valence-electron chi connectivity index (χ0n) is 13.1. The minimum absolute atomic E-state index is 0.237. The van der Waals surface area contributed by atoms with Crippen LogP contribution in [0.3, 0.4) is 0 Å². The number of H-pyrrole nitrogens is 1. The number of nitrogens with two attached hydrogens (primary N) is 1. The van der Waals surface area contributed by atoms with Crippen LogP contribution in [0.2, 0.25) is 0 Å². The number of para-hydroxylation sites is 1. The summed E-state index contributed by atoms with van der Waals surface area (Å²) in [4.78, 5) is 24.3. The minimum atomic E-state index is -0.334. The van der Waals surface area contributed by atoms with E-state index in [-0.39, 0.29) is 11.8 Å². The maximum absolute atomic E-state index is 12.6. The molecule has 3 rings (SSSR count). The third-order valence-corrected chi connectivity index (χ3v) is 4.84. The maximum atomic E-state index is 12.6. The first kappa shape index (κ1) is 16.5. The van der Waals surface area contributed by atoms with Crippen molar-refractivity contribution in [2.45, 2.75) is 24.3 Å². The number of nitrogens with zero attached hydrogens (tertiary/aromatic N) is 1. The first-order chi connectivity index (χ1) is 11.6. The normalized spacial score (nSPS) is 13.3. The molecule has 5 N–H and O–H groups in total. The molecule has 126 valence electrons. The zero-order chi connectivity index (χ0) is 16.9. The molecule has 1 aromatic carbocycles. The monoisotopic (exact) mass is 345 g/mol. The molecule has 2 amide bonds. The van der Waals surface area contributed by atoms with Crippen LogP contribution >= 0.6 is 11.8 Å². The molecule has 8 heteroatoms. The van der Waals surface area contributed by atoms with Crippen molar-refractivity contribution in [1.29, 1.82) is 0 Å². The van der Waals surface area contributed by atoms with Gasteiger partial charge in [0.15, 0.2) is 5.69 Å².